The number of benzene rings is 3. The lowest BCUT2D eigenvalue weighted by Gasteiger charge is -2.13. The third-order valence-electron chi connectivity index (χ3n) is 3.69. The molecule has 0 amide bonds. The predicted octanol–water partition coefficient (Wildman–Crippen LogP) is 5.05. The molecule has 3 aromatic carbocycles. The van der Waals surface area contributed by atoms with Crippen molar-refractivity contribution in [3.8, 4) is 0 Å². The second-order valence-corrected chi connectivity index (χ2v) is 5.00. The zero-order valence-electron chi connectivity index (χ0n) is 11.0. The van der Waals surface area contributed by atoms with Crippen LogP contribution in [0.25, 0.3) is 10.8 Å². The van der Waals surface area contributed by atoms with Gasteiger partial charge in [0.2, 0.25) is 0 Å². The Balaban J connectivity index is 2.04. The summed E-state index contributed by atoms with van der Waals surface area (Å²) in [4.78, 5) is 0. The van der Waals surface area contributed by atoms with Crippen molar-refractivity contribution in [2.24, 2.45) is 0 Å². The highest BCUT2D eigenvalue weighted by molar-refractivity contribution is 5.84. The van der Waals surface area contributed by atoms with Gasteiger partial charge in [-0.3, -0.25) is 0 Å². The van der Waals surface area contributed by atoms with Crippen LogP contribution in [0.4, 0.5) is 0 Å². The molecule has 0 aliphatic carbocycles. The fraction of sp³-hybridized carbons (Fsp3) is 0.105. The van der Waals surface area contributed by atoms with Gasteiger partial charge in [-0.25, -0.2) is 0 Å². The average Bonchev–Trinajstić information content (AvgIpc) is 2.47. The van der Waals surface area contributed by atoms with Gasteiger partial charge in [0, 0.05) is 5.92 Å². The molecule has 0 nitrogen and oxygen atoms in total. The Kier molecular flexibility index (Phi) is 3.08. The molecule has 2 radical (unpaired) electrons. The van der Waals surface area contributed by atoms with Crippen LogP contribution >= 0.6 is 0 Å². The highest BCUT2D eigenvalue weighted by atomic mass is 14.1. The van der Waals surface area contributed by atoms with Crippen LogP contribution in [0, 0.1) is 6.92 Å². The number of hydrogen-bond donors (Lipinski definition) is 0. The Morgan fingerprint density at radius 1 is 0.737 bits per heavy atom. The molecule has 0 fully saturated rings. The SMILES string of the molecule is [CH]c1ccc2cc(C(C)c3ccccc3)ccc2c1. The molecule has 0 aliphatic rings. The van der Waals surface area contributed by atoms with Crippen LogP contribution in [0.1, 0.15) is 29.5 Å². The van der Waals surface area contributed by atoms with Crippen LogP contribution in [0.3, 0.4) is 0 Å². The maximum absolute atomic E-state index is 5.81. The summed E-state index contributed by atoms with van der Waals surface area (Å²) in [7, 11) is 0. The minimum absolute atomic E-state index is 0.406. The second-order valence-electron chi connectivity index (χ2n) is 5.00. The van der Waals surface area contributed by atoms with Gasteiger partial charge in [0.1, 0.15) is 0 Å². The van der Waals surface area contributed by atoms with Crippen molar-refractivity contribution in [1.82, 2.24) is 0 Å². The number of fused-ring (bicyclic) bond motifs is 1. The molecule has 19 heavy (non-hydrogen) atoms. The van der Waals surface area contributed by atoms with E-state index in [9.17, 15) is 0 Å². The van der Waals surface area contributed by atoms with Crippen LogP contribution in [-0.4, -0.2) is 0 Å². The van der Waals surface area contributed by atoms with E-state index < -0.39 is 0 Å². The van der Waals surface area contributed by atoms with Crippen LogP contribution in [0.5, 0.6) is 0 Å². The van der Waals surface area contributed by atoms with E-state index in [4.69, 9.17) is 6.92 Å². The highest BCUT2D eigenvalue weighted by Crippen LogP contribution is 2.27. The molecule has 0 saturated heterocycles. The molecule has 3 rings (SSSR count). The topological polar surface area (TPSA) is 0 Å². The van der Waals surface area contributed by atoms with Crippen molar-refractivity contribution in [1.29, 1.82) is 0 Å². The summed E-state index contributed by atoms with van der Waals surface area (Å²) >= 11 is 0. The zero-order chi connectivity index (χ0) is 13.2. The fourth-order valence-electron chi connectivity index (χ4n) is 2.49. The maximum Gasteiger partial charge on any atom is 0.00612 e. The minimum Gasteiger partial charge on any atom is -0.0622 e. The summed E-state index contributed by atoms with van der Waals surface area (Å²) in [6, 6.07) is 23.3. The lowest BCUT2D eigenvalue weighted by atomic mass is 9.91. The zero-order valence-corrected chi connectivity index (χ0v) is 11.0. The van der Waals surface area contributed by atoms with Gasteiger partial charge in [-0.05, 0) is 34.4 Å². The van der Waals surface area contributed by atoms with Gasteiger partial charge in [0.05, 0.1) is 0 Å². The van der Waals surface area contributed by atoms with Crippen molar-refractivity contribution in [3.63, 3.8) is 0 Å². The Labute approximate surface area is 114 Å². The molecule has 0 spiro atoms. The summed E-state index contributed by atoms with van der Waals surface area (Å²) in [5.41, 5.74) is 3.50. The molecule has 0 bridgehead atoms. The second kappa shape index (κ2) is 4.89. The fourth-order valence-corrected chi connectivity index (χ4v) is 2.49. The molecule has 1 unspecified atom stereocenters. The van der Waals surface area contributed by atoms with Gasteiger partial charge in [0.25, 0.3) is 0 Å². The Morgan fingerprint density at radius 3 is 2.21 bits per heavy atom. The summed E-state index contributed by atoms with van der Waals surface area (Å²) in [5, 5.41) is 2.44. The first-order valence-electron chi connectivity index (χ1n) is 6.58. The smallest absolute Gasteiger partial charge is 0.00612 e. The van der Waals surface area contributed by atoms with Crippen molar-refractivity contribution >= 4 is 10.8 Å². The van der Waals surface area contributed by atoms with Crippen LogP contribution in [0.2, 0.25) is 0 Å². The summed E-state index contributed by atoms with van der Waals surface area (Å²) < 4.78 is 0. The number of hydrogen-bond acceptors (Lipinski definition) is 0. The lowest BCUT2D eigenvalue weighted by Crippen LogP contribution is -1.95. The molecule has 1 atom stereocenters. The van der Waals surface area contributed by atoms with E-state index in [1.165, 1.54) is 21.9 Å². The summed E-state index contributed by atoms with van der Waals surface area (Å²) in [5.74, 6) is 0.406. The van der Waals surface area contributed by atoms with E-state index in [2.05, 4.69) is 61.5 Å². The van der Waals surface area contributed by atoms with E-state index in [0.29, 0.717) is 5.92 Å². The molecule has 0 heterocycles. The molecule has 92 valence electrons. The number of rotatable bonds is 2. The van der Waals surface area contributed by atoms with Crippen LogP contribution < -0.4 is 0 Å². The normalized spacial score (nSPS) is 12.5. The summed E-state index contributed by atoms with van der Waals surface area (Å²) in [6.07, 6.45) is 0. The molecule has 0 aromatic heterocycles. The van der Waals surface area contributed by atoms with Crippen LogP contribution in [0.15, 0.2) is 66.7 Å². The monoisotopic (exact) mass is 244 g/mol. The molecular formula is C19H16. The molecular weight excluding hydrogens is 228 g/mol. The first-order chi connectivity index (χ1) is 9.24. The van der Waals surface area contributed by atoms with Crippen molar-refractivity contribution in [3.05, 3.63) is 90.3 Å². The third-order valence-corrected chi connectivity index (χ3v) is 3.69. The van der Waals surface area contributed by atoms with Gasteiger partial charge in [-0.15, -0.1) is 0 Å². The Bertz CT molecular complexity index is 696. The van der Waals surface area contributed by atoms with E-state index in [1.807, 2.05) is 12.1 Å². The standard InChI is InChI=1S/C19H16/c1-14-8-9-19-13-17(10-11-18(19)12-14)15(2)16-6-4-3-5-7-16/h1,3-13,15H,2H3. The maximum atomic E-state index is 5.81. The molecule has 0 aliphatic heterocycles. The van der Waals surface area contributed by atoms with Gasteiger partial charge in [-0.1, -0.05) is 73.7 Å². The first-order valence-corrected chi connectivity index (χ1v) is 6.58. The minimum atomic E-state index is 0.406. The van der Waals surface area contributed by atoms with E-state index >= 15 is 0 Å². The third kappa shape index (κ3) is 2.39. The van der Waals surface area contributed by atoms with E-state index in [0.717, 1.165) is 5.56 Å². The molecule has 3 aromatic rings. The Morgan fingerprint density at radius 2 is 1.42 bits per heavy atom. The van der Waals surface area contributed by atoms with E-state index in [-0.39, 0.29) is 0 Å². The molecule has 0 saturated carbocycles. The predicted molar refractivity (Wildman–Crippen MR) is 81.3 cm³/mol. The van der Waals surface area contributed by atoms with Gasteiger partial charge >= 0.3 is 0 Å². The summed E-state index contributed by atoms with van der Waals surface area (Å²) in [6.45, 7) is 8.06. The van der Waals surface area contributed by atoms with Crippen LogP contribution in [-0.2, 0) is 0 Å². The Hall–Kier alpha value is -2.08. The molecule has 0 N–H and O–H groups in total. The van der Waals surface area contributed by atoms with Gasteiger partial charge in [0.15, 0.2) is 0 Å². The largest absolute Gasteiger partial charge is 0.0622 e. The van der Waals surface area contributed by atoms with Crippen molar-refractivity contribution < 1.29 is 0 Å². The average molecular weight is 244 g/mol. The van der Waals surface area contributed by atoms with E-state index in [1.54, 1.807) is 0 Å². The highest BCUT2D eigenvalue weighted by Gasteiger charge is 2.08. The first kappa shape index (κ1) is 12.0. The molecule has 0 heteroatoms. The van der Waals surface area contributed by atoms with Gasteiger partial charge < -0.3 is 0 Å². The van der Waals surface area contributed by atoms with Crippen molar-refractivity contribution in [2.75, 3.05) is 0 Å². The lowest BCUT2D eigenvalue weighted by molar-refractivity contribution is 0.925. The quantitative estimate of drug-likeness (QED) is 0.591. The van der Waals surface area contributed by atoms with Crippen molar-refractivity contribution in [2.45, 2.75) is 12.8 Å². The van der Waals surface area contributed by atoms with Gasteiger partial charge in [-0.2, -0.15) is 0 Å².